The van der Waals surface area contributed by atoms with Gasteiger partial charge >= 0.3 is 11.9 Å². The van der Waals surface area contributed by atoms with Crippen molar-refractivity contribution in [3.63, 3.8) is 0 Å². The Labute approximate surface area is 118 Å². The van der Waals surface area contributed by atoms with Gasteiger partial charge < -0.3 is 15.2 Å². The van der Waals surface area contributed by atoms with Crippen LogP contribution in [0.15, 0.2) is 18.2 Å². The SMILES string of the molecule is CC(=O)OCC1(N)CCc2cc(OC(C)=O)ccc2C1. The van der Waals surface area contributed by atoms with Gasteiger partial charge in [-0.05, 0) is 42.5 Å². The van der Waals surface area contributed by atoms with E-state index >= 15 is 0 Å². The smallest absolute Gasteiger partial charge is 0.308 e. The second kappa shape index (κ2) is 5.63. The van der Waals surface area contributed by atoms with Crippen molar-refractivity contribution < 1.29 is 19.1 Å². The Hall–Kier alpha value is -1.88. The number of hydrogen-bond donors (Lipinski definition) is 1. The predicted octanol–water partition coefficient (Wildman–Crippen LogP) is 1.36. The van der Waals surface area contributed by atoms with Gasteiger partial charge in [0, 0.05) is 13.8 Å². The molecule has 0 aliphatic heterocycles. The first-order valence-corrected chi connectivity index (χ1v) is 6.60. The predicted molar refractivity (Wildman–Crippen MR) is 73.3 cm³/mol. The van der Waals surface area contributed by atoms with Crippen molar-refractivity contribution in [3.8, 4) is 5.75 Å². The molecule has 0 radical (unpaired) electrons. The first-order valence-electron chi connectivity index (χ1n) is 6.60. The zero-order chi connectivity index (χ0) is 14.8. The number of aryl methyl sites for hydroxylation is 1. The molecule has 0 aromatic heterocycles. The average molecular weight is 277 g/mol. The fourth-order valence-corrected chi connectivity index (χ4v) is 2.46. The van der Waals surface area contributed by atoms with Gasteiger partial charge in [-0.2, -0.15) is 0 Å². The van der Waals surface area contributed by atoms with E-state index in [1.165, 1.54) is 13.8 Å². The third-order valence-corrected chi connectivity index (χ3v) is 3.44. The normalized spacial score (nSPS) is 20.9. The minimum absolute atomic E-state index is 0.230. The lowest BCUT2D eigenvalue weighted by Crippen LogP contribution is -2.49. The van der Waals surface area contributed by atoms with Crippen molar-refractivity contribution in [2.45, 2.75) is 38.6 Å². The summed E-state index contributed by atoms with van der Waals surface area (Å²) in [5.74, 6) is -0.0876. The monoisotopic (exact) mass is 277 g/mol. The lowest BCUT2D eigenvalue weighted by molar-refractivity contribution is -0.143. The summed E-state index contributed by atoms with van der Waals surface area (Å²) in [6.45, 7) is 2.99. The van der Waals surface area contributed by atoms with Gasteiger partial charge in [0.2, 0.25) is 0 Å². The zero-order valence-corrected chi connectivity index (χ0v) is 11.8. The van der Waals surface area contributed by atoms with Crippen LogP contribution in [0.1, 0.15) is 31.4 Å². The molecule has 1 atom stereocenters. The molecule has 5 heteroatoms. The summed E-state index contributed by atoms with van der Waals surface area (Å²) in [5.41, 5.74) is 8.01. The minimum atomic E-state index is -0.512. The molecule has 1 aliphatic rings. The molecule has 20 heavy (non-hydrogen) atoms. The van der Waals surface area contributed by atoms with E-state index in [0.29, 0.717) is 12.2 Å². The number of benzene rings is 1. The van der Waals surface area contributed by atoms with Gasteiger partial charge in [-0.3, -0.25) is 9.59 Å². The van der Waals surface area contributed by atoms with Crippen molar-refractivity contribution in [3.05, 3.63) is 29.3 Å². The van der Waals surface area contributed by atoms with E-state index < -0.39 is 5.54 Å². The number of esters is 2. The van der Waals surface area contributed by atoms with E-state index in [4.69, 9.17) is 15.2 Å². The quantitative estimate of drug-likeness (QED) is 0.666. The molecule has 5 nitrogen and oxygen atoms in total. The number of carbonyl (C=O) groups excluding carboxylic acids is 2. The second-order valence-corrected chi connectivity index (χ2v) is 5.34. The maximum Gasteiger partial charge on any atom is 0.308 e. The highest BCUT2D eigenvalue weighted by Gasteiger charge is 2.31. The van der Waals surface area contributed by atoms with Crippen LogP contribution in [0.25, 0.3) is 0 Å². The first kappa shape index (κ1) is 14.5. The molecule has 108 valence electrons. The van der Waals surface area contributed by atoms with E-state index in [9.17, 15) is 9.59 Å². The summed E-state index contributed by atoms with van der Waals surface area (Å²) in [6, 6.07) is 5.56. The Kier molecular flexibility index (Phi) is 4.09. The van der Waals surface area contributed by atoms with Crippen LogP contribution in [0.2, 0.25) is 0 Å². The molecule has 0 heterocycles. The molecule has 1 aromatic rings. The van der Waals surface area contributed by atoms with Crippen LogP contribution in [0.4, 0.5) is 0 Å². The molecule has 0 amide bonds. The Bertz CT molecular complexity index is 541. The van der Waals surface area contributed by atoms with Crippen LogP contribution in [0.5, 0.6) is 5.75 Å². The molecule has 2 rings (SSSR count). The molecule has 2 N–H and O–H groups in total. The van der Waals surface area contributed by atoms with Gasteiger partial charge in [-0.1, -0.05) is 6.07 Å². The number of rotatable bonds is 3. The van der Waals surface area contributed by atoms with Crippen molar-refractivity contribution in [1.82, 2.24) is 0 Å². The zero-order valence-electron chi connectivity index (χ0n) is 11.8. The number of hydrogen-bond acceptors (Lipinski definition) is 5. The highest BCUT2D eigenvalue weighted by atomic mass is 16.5. The van der Waals surface area contributed by atoms with Crippen LogP contribution in [0, 0.1) is 0 Å². The van der Waals surface area contributed by atoms with Gasteiger partial charge in [-0.15, -0.1) is 0 Å². The van der Waals surface area contributed by atoms with E-state index in [0.717, 1.165) is 24.0 Å². The third-order valence-electron chi connectivity index (χ3n) is 3.44. The first-order chi connectivity index (χ1) is 9.38. The van der Waals surface area contributed by atoms with Gasteiger partial charge in [0.1, 0.15) is 12.4 Å². The molecule has 0 saturated carbocycles. The molecule has 0 bridgehead atoms. The summed E-state index contributed by atoms with van der Waals surface area (Å²) in [5, 5.41) is 0. The van der Waals surface area contributed by atoms with Gasteiger partial charge in [0.25, 0.3) is 0 Å². The van der Waals surface area contributed by atoms with E-state index in [1.807, 2.05) is 12.1 Å². The van der Waals surface area contributed by atoms with Gasteiger partial charge in [0.15, 0.2) is 0 Å². The topological polar surface area (TPSA) is 78.6 Å². The minimum Gasteiger partial charge on any atom is -0.464 e. The van der Waals surface area contributed by atoms with E-state index in [-0.39, 0.29) is 18.5 Å². The maximum atomic E-state index is 10.9. The van der Waals surface area contributed by atoms with Crippen LogP contribution < -0.4 is 10.5 Å². The standard InChI is InChI=1S/C15H19NO4/c1-10(17)19-9-15(16)6-5-12-7-14(20-11(2)18)4-3-13(12)8-15/h3-4,7H,5-6,8-9,16H2,1-2H3. The van der Waals surface area contributed by atoms with Crippen LogP contribution in [-0.4, -0.2) is 24.1 Å². The van der Waals surface area contributed by atoms with Crippen molar-refractivity contribution >= 4 is 11.9 Å². The summed E-state index contributed by atoms with van der Waals surface area (Å²) in [7, 11) is 0. The largest absolute Gasteiger partial charge is 0.464 e. The molecule has 0 fully saturated rings. The summed E-state index contributed by atoms with van der Waals surface area (Å²) >= 11 is 0. The van der Waals surface area contributed by atoms with Crippen molar-refractivity contribution in [2.24, 2.45) is 5.73 Å². The van der Waals surface area contributed by atoms with E-state index in [1.54, 1.807) is 6.07 Å². The third kappa shape index (κ3) is 3.57. The highest BCUT2D eigenvalue weighted by molar-refractivity contribution is 5.69. The summed E-state index contributed by atoms with van der Waals surface area (Å²) in [6.07, 6.45) is 2.16. The molecule has 1 unspecified atom stereocenters. The fraction of sp³-hybridized carbons (Fsp3) is 0.467. The van der Waals surface area contributed by atoms with Crippen LogP contribution in [-0.2, 0) is 27.2 Å². The molecule has 0 spiro atoms. The van der Waals surface area contributed by atoms with Crippen molar-refractivity contribution in [1.29, 1.82) is 0 Å². The Morgan fingerprint density at radius 1 is 1.25 bits per heavy atom. The molecule has 1 aliphatic carbocycles. The lowest BCUT2D eigenvalue weighted by Gasteiger charge is -2.34. The Morgan fingerprint density at radius 2 is 2.00 bits per heavy atom. The van der Waals surface area contributed by atoms with Crippen molar-refractivity contribution in [2.75, 3.05) is 6.61 Å². The molecular weight excluding hydrogens is 258 g/mol. The number of carbonyl (C=O) groups is 2. The van der Waals surface area contributed by atoms with Crippen LogP contribution >= 0.6 is 0 Å². The maximum absolute atomic E-state index is 10.9. The number of fused-ring (bicyclic) bond motifs is 1. The van der Waals surface area contributed by atoms with Crippen LogP contribution in [0.3, 0.4) is 0 Å². The highest BCUT2D eigenvalue weighted by Crippen LogP contribution is 2.30. The Balaban J connectivity index is 2.10. The molecule has 0 saturated heterocycles. The fourth-order valence-electron chi connectivity index (χ4n) is 2.46. The van der Waals surface area contributed by atoms with Gasteiger partial charge in [0.05, 0.1) is 5.54 Å². The van der Waals surface area contributed by atoms with Gasteiger partial charge in [-0.25, -0.2) is 0 Å². The number of nitrogens with two attached hydrogens (primary N) is 1. The molecule has 1 aromatic carbocycles. The average Bonchev–Trinajstić information content (AvgIpc) is 2.36. The number of ether oxygens (including phenoxy) is 2. The summed E-state index contributed by atoms with van der Waals surface area (Å²) < 4.78 is 10.1. The second-order valence-electron chi connectivity index (χ2n) is 5.34. The Morgan fingerprint density at radius 3 is 2.65 bits per heavy atom. The summed E-state index contributed by atoms with van der Waals surface area (Å²) in [4.78, 5) is 21.8. The van der Waals surface area contributed by atoms with E-state index in [2.05, 4.69) is 0 Å². The molecular formula is C15H19NO4. The lowest BCUT2D eigenvalue weighted by atomic mass is 9.79.